The number of aromatic nitrogens is 2. The molecule has 21 heavy (non-hydrogen) atoms. The van der Waals surface area contributed by atoms with Gasteiger partial charge in [0.1, 0.15) is 5.52 Å². The maximum Gasteiger partial charge on any atom is 0.253 e. The lowest BCUT2D eigenvalue weighted by Crippen LogP contribution is -2.40. The Morgan fingerprint density at radius 3 is 2.90 bits per heavy atom. The van der Waals surface area contributed by atoms with Crippen LogP contribution in [-0.2, 0) is 0 Å². The van der Waals surface area contributed by atoms with Crippen molar-refractivity contribution in [2.24, 2.45) is 11.7 Å². The minimum absolute atomic E-state index is 0. The van der Waals surface area contributed by atoms with E-state index in [9.17, 15) is 4.79 Å². The number of nitrogens with one attached hydrogen (secondary N) is 1. The number of hydrogen-bond acceptors (Lipinski definition) is 4. The van der Waals surface area contributed by atoms with Crippen molar-refractivity contribution in [1.82, 2.24) is 15.3 Å². The summed E-state index contributed by atoms with van der Waals surface area (Å²) in [4.78, 5) is 20.9. The van der Waals surface area contributed by atoms with E-state index in [1.807, 2.05) is 12.1 Å². The van der Waals surface area contributed by atoms with E-state index in [1.165, 1.54) is 0 Å². The van der Waals surface area contributed by atoms with Gasteiger partial charge in [0.05, 0.1) is 11.1 Å². The average molecular weight is 307 g/mol. The lowest BCUT2D eigenvalue weighted by molar-refractivity contribution is 0.0930. The summed E-state index contributed by atoms with van der Waals surface area (Å²) >= 11 is 0. The van der Waals surface area contributed by atoms with Crippen molar-refractivity contribution in [2.75, 3.05) is 6.54 Å². The van der Waals surface area contributed by atoms with Gasteiger partial charge in [-0.05, 0) is 37.4 Å². The number of carbonyl (C=O) groups excluding carboxylic acids is 1. The van der Waals surface area contributed by atoms with Gasteiger partial charge in [-0.25, -0.2) is 0 Å². The Bertz CT molecular complexity index is 629. The predicted octanol–water partition coefficient (Wildman–Crippen LogP) is 1.91. The molecule has 0 saturated heterocycles. The van der Waals surface area contributed by atoms with Crippen LogP contribution >= 0.6 is 12.4 Å². The van der Waals surface area contributed by atoms with Gasteiger partial charge in [-0.1, -0.05) is 12.5 Å². The highest BCUT2D eigenvalue weighted by atomic mass is 35.5. The van der Waals surface area contributed by atoms with Crippen molar-refractivity contribution >= 4 is 29.3 Å². The SMILES string of the molecule is Cl.NCC1CCCC1NC(=O)c1cccc2nccnc12. The van der Waals surface area contributed by atoms with Crippen molar-refractivity contribution in [3.63, 3.8) is 0 Å². The molecule has 2 unspecified atom stereocenters. The highest BCUT2D eigenvalue weighted by molar-refractivity contribution is 6.04. The van der Waals surface area contributed by atoms with Gasteiger partial charge >= 0.3 is 0 Å². The van der Waals surface area contributed by atoms with Crippen LogP contribution in [0.15, 0.2) is 30.6 Å². The van der Waals surface area contributed by atoms with Crippen molar-refractivity contribution in [3.8, 4) is 0 Å². The molecular formula is C15H19ClN4O. The number of carbonyl (C=O) groups is 1. The van der Waals surface area contributed by atoms with Crippen LogP contribution in [0.4, 0.5) is 0 Å². The van der Waals surface area contributed by atoms with Crippen LogP contribution in [0.5, 0.6) is 0 Å². The van der Waals surface area contributed by atoms with Crippen molar-refractivity contribution in [2.45, 2.75) is 25.3 Å². The zero-order valence-corrected chi connectivity index (χ0v) is 12.5. The Kier molecular flexibility index (Phi) is 5.09. The summed E-state index contributed by atoms with van der Waals surface area (Å²) in [7, 11) is 0. The predicted molar refractivity (Wildman–Crippen MR) is 84.4 cm³/mol. The lowest BCUT2D eigenvalue weighted by Gasteiger charge is -2.19. The van der Waals surface area contributed by atoms with E-state index in [-0.39, 0.29) is 24.4 Å². The molecule has 0 radical (unpaired) electrons. The molecule has 2 atom stereocenters. The lowest BCUT2D eigenvalue weighted by atomic mass is 10.0. The summed E-state index contributed by atoms with van der Waals surface area (Å²) in [6, 6.07) is 5.66. The number of para-hydroxylation sites is 1. The first-order valence-electron chi connectivity index (χ1n) is 7.00. The third kappa shape index (κ3) is 3.14. The number of fused-ring (bicyclic) bond motifs is 1. The van der Waals surface area contributed by atoms with Gasteiger partial charge in [-0.2, -0.15) is 0 Å². The molecule has 3 rings (SSSR count). The maximum atomic E-state index is 12.5. The van der Waals surface area contributed by atoms with Gasteiger partial charge in [-0.3, -0.25) is 14.8 Å². The van der Waals surface area contributed by atoms with Crippen molar-refractivity contribution in [1.29, 1.82) is 0 Å². The molecule has 1 aromatic heterocycles. The van der Waals surface area contributed by atoms with E-state index in [4.69, 9.17) is 5.73 Å². The molecule has 1 amide bonds. The quantitative estimate of drug-likeness (QED) is 0.907. The molecule has 6 heteroatoms. The third-order valence-corrected chi connectivity index (χ3v) is 4.02. The first-order valence-corrected chi connectivity index (χ1v) is 7.00. The Hall–Kier alpha value is -1.72. The molecule has 0 aliphatic heterocycles. The van der Waals surface area contributed by atoms with Gasteiger partial charge in [0.2, 0.25) is 0 Å². The number of hydrogen-bond donors (Lipinski definition) is 2. The maximum absolute atomic E-state index is 12.5. The number of rotatable bonds is 3. The van der Waals surface area contributed by atoms with Gasteiger partial charge in [0.15, 0.2) is 0 Å². The molecule has 1 aliphatic rings. The number of amides is 1. The minimum Gasteiger partial charge on any atom is -0.349 e. The fourth-order valence-electron chi connectivity index (χ4n) is 2.93. The second-order valence-electron chi connectivity index (χ2n) is 5.24. The molecule has 1 aromatic carbocycles. The Balaban J connectivity index is 0.00000161. The first kappa shape index (κ1) is 15.7. The summed E-state index contributed by atoms with van der Waals surface area (Å²) in [5, 5.41) is 3.10. The van der Waals surface area contributed by atoms with Crippen LogP contribution in [0.25, 0.3) is 11.0 Å². The molecule has 1 fully saturated rings. The molecule has 0 spiro atoms. The Morgan fingerprint density at radius 2 is 2.10 bits per heavy atom. The first-order chi connectivity index (χ1) is 9.79. The van der Waals surface area contributed by atoms with Crippen LogP contribution < -0.4 is 11.1 Å². The average Bonchev–Trinajstić information content (AvgIpc) is 2.93. The Labute approximate surface area is 129 Å². The summed E-state index contributed by atoms with van der Waals surface area (Å²) < 4.78 is 0. The molecular weight excluding hydrogens is 288 g/mol. The van der Waals surface area contributed by atoms with Crippen LogP contribution in [-0.4, -0.2) is 28.5 Å². The summed E-state index contributed by atoms with van der Waals surface area (Å²) in [6.45, 7) is 0.625. The van der Waals surface area contributed by atoms with Crippen LogP contribution in [0.3, 0.4) is 0 Å². The molecule has 3 N–H and O–H groups in total. The van der Waals surface area contributed by atoms with E-state index in [2.05, 4.69) is 15.3 Å². The van der Waals surface area contributed by atoms with E-state index >= 15 is 0 Å². The fourth-order valence-corrected chi connectivity index (χ4v) is 2.93. The van der Waals surface area contributed by atoms with E-state index in [1.54, 1.807) is 18.5 Å². The topological polar surface area (TPSA) is 80.9 Å². The van der Waals surface area contributed by atoms with E-state index in [0.29, 0.717) is 23.5 Å². The highest BCUT2D eigenvalue weighted by Crippen LogP contribution is 2.25. The second-order valence-corrected chi connectivity index (χ2v) is 5.24. The number of benzene rings is 1. The van der Waals surface area contributed by atoms with Crippen LogP contribution in [0, 0.1) is 5.92 Å². The third-order valence-electron chi connectivity index (χ3n) is 4.02. The van der Waals surface area contributed by atoms with E-state index < -0.39 is 0 Å². The number of nitrogens with zero attached hydrogens (tertiary/aromatic N) is 2. The molecule has 5 nitrogen and oxygen atoms in total. The summed E-state index contributed by atoms with van der Waals surface area (Å²) in [6.07, 6.45) is 6.46. The second kappa shape index (κ2) is 6.83. The van der Waals surface area contributed by atoms with Gasteiger partial charge in [-0.15, -0.1) is 12.4 Å². The molecule has 2 aromatic rings. The summed E-state index contributed by atoms with van der Waals surface area (Å²) in [5.74, 6) is 0.307. The van der Waals surface area contributed by atoms with Crippen molar-refractivity contribution < 1.29 is 4.79 Å². The number of halogens is 1. The smallest absolute Gasteiger partial charge is 0.253 e. The zero-order valence-electron chi connectivity index (χ0n) is 11.7. The standard InChI is InChI=1S/C15H18N4O.ClH/c16-9-10-3-1-5-12(10)19-15(20)11-4-2-6-13-14(11)18-8-7-17-13;/h2,4,6-8,10,12H,1,3,5,9,16H2,(H,19,20);1H. The molecule has 0 bridgehead atoms. The largest absolute Gasteiger partial charge is 0.349 e. The van der Waals surface area contributed by atoms with Crippen LogP contribution in [0.2, 0.25) is 0 Å². The van der Waals surface area contributed by atoms with Gasteiger partial charge in [0, 0.05) is 18.4 Å². The monoisotopic (exact) mass is 306 g/mol. The van der Waals surface area contributed by atoms with Gasteiger partial charge < -0.3 is 11.1 Å². The fraction of sp³-hybridized carbons (Fsp3) is 0.400. The summed E-state index contributed by atoms with van der Waals surface area (Å²) in [5.41, 5.74) is 7.72. The molecule has 1 heterocycles. The minimum atomic E-state index is -0.0820. The molecule has 112 valence electrons. The van der Waals surface area contributed by atoms with Crippen molar-refractivity contribution in [3.05, 3.63) is 36.2 Å². The van der Waals surface area contributed by atoms with Crippen LogP contribution in [0.1, 0.15) is 29.6 Å². The zero-order chi connectivity index (χ0) is 13.9. The molecule has 1 aliphatic carbocycles. The van der Waals surface area contributed by atoms with Gasteiger partial charge in [0.25, 0.3) is 5.91 Å². The number of nitrogens with two attached hydrogens (primary N) is 1. The van der Waals surface area contributed by atoms with E-state index in [0.717, 1.165) is 24.8 Å². The Morgan fingerprint density at radius 1 is 1.29 bits per heavy atom. The molecule has 1 saturated carbocycles. The highest BCUT2D eigenvalue weighted by Gasteiger charge is 2.28. The normalized spacial score (nSPS) is 21.0.